The van der Waals surface area contributed by atoms with Gasteiger partial charge in [-0.1, -0.05) is 0 Å². The van der Waals surface area contributed by atoms with Crippen molar-refractivity contribution in [2.75, 3.05) is 17.6 Å². The van der Waals surface area contributed by atoms with E-state index in [1.165, 1.54) is 30.3 Å². The first-order valence-electron chi connectivity index (χ1n) is 6.62. The van der Waals surface area contributed by atoms with Crippen molar-refractivity contribution >= 4 is 43.3 Å². The first-order chi connectivity index (χ1) is 11.2. The Morgan fingerprint density at radius 2 is 1.96 bits per heavy atom. The fourth-order valence-electron chi connectivity index (χ4n) is 2.01. The molecule has 0 saturated heterocycles. The van der Waals surface area contributed by atoms with E-state index >= 15 is 0 Å². The second-order valence-corrected chi connectivity index (χ2v) is 7.44. The van der Waals surface area contributed by atoms with Crippen LogP contribution in [0.1, 0.15) is 15.9 Å². The Labute approximate surface area is 147 Å². The number of rotatable bonds is 4. The topological polar surface area (TPSA) is 98.5 Å². The van der Waals surface area contributed by atoms with Crippen LogP contribution < -0.4 is 10.5 Å². The zero-order valence-corrected chi connectivity index (χ0v) is 15.2. The van der Waals surface area contributed by atoms with Crippen LogP contribution in [0.4, 0.5) is 15.8 Å². The Kier molecular flexibility index (Phi) is 5.14. The number of halogens is 2. The number of hydrogen-bond acceptors (Lipinski definition) is 5. The fraction of sp³-hybridized carbons (Fsp3) is 0.133. The molecule has 6 nitrogen and oxygen atoms in total. The molecule has 2 aromatic carbocycles. The molecule has 0 fully saturated rings. The van der Waals surface area contributed by atoms with Gasteiger partial charge in [0.1, 0.15) is 10.7 Å². The molecule has 9 heteroatoms. The van der Waals surface area contributed by atoms with Gasteiger partial charge in [-0.05, 0) is 58.7 Å². The number of aryl methyl sites for hydroxylation is 1. The minimum Gasteiger partial charge on any atom is -0.465 e. The molecule has 0 spiro atoms. The molecule has 128 valence electrons. The van der Waals surface area contributed by atoms with Crippen LogP contribution in [0.5, 0.6) is 0 Å². The SMILES string of the molecule is COC(=O)c1cc(N)ccc1S(=O)(=O)Nc1cc(Br)c(F)cc1C. The Balaban J connectivity index is 2.53. The van der Waals surface area contributed by atoms with Crippen molar-refractivity contribution in [2.24, 2.45) is 0 Å². The van der Waals surface area contributed by atoms with E-state index < -0.39 is 21.8 Å². The number of nitrogen functional groups attached to an aromatic ring is 1. The van der Waals surface area contributed by atoms with Gasteiger partial charge >= 0.3 is 5.97 Å². The normalized spacial score (nSPS) is 11.2. The second kappa shape index (κ2) is 6.78. The lowest BCUT2D eigenvalue weighted by atomic mass is 10.2. The summed E-state index contributed by atoms with van der Waals surface area (Å²) in [6.07, 6.45) is 0. The quantitative estimate of drug-likeness (QED) is 0.589. The van der Waals surface area contributed by atoms with E-state index in [4.69, 9.17) is 5.73 Å². The highest BCUT2D eigenvalue weighted by Crippen LogP contribution is 2.28. The molecule has 0 radical (unpaired) electrons. The highest BCUT2D eigenvalue weighted by atomic mass is 79.9. The number of nitrogens with one attached hydrogen (secondary N) is 1. The van der Waals surface area contributed by atoms with Gasteiger partial charge in [0.05, 0.1) is 22.8 Å². The van der Waals surface area contributed by atoms with Gasteiger partial charge < -0.3 is 10.5 Å². The lowest BCUT2D eigenvalue weighted by molar-refractivity contribution is 0.0596. The Bertz CT molecular complexity index is 916. The molecule has 0 saturated carbocycles. The molecule has 0 amide bonds. The first-order valence-corrected chi connectivity index (χ1v) is 8.89. The zero-order valence-electron chi connectivity index (χ0n) is 12.8. The van der Waals surface area contributed by atoms with E-state index in [-0.39, 0.29) is 26.3 Å². The van der Waals surface area contributed by atoms with Crippen LogP contribution in [0.15, 0.2) is 39.7 Å². The number of carbonyl (C=O) groups is 1. The highest BCUT2D eigenvalue weighted by Gasteiger charge is 2.24. The van der Waals surface area contributed by atoms with E-state index in [1.807, 2.05) is 0 Å². The molecule has 0 bridgehead atoms. The molecule has 0 heterocycles. The fourth-order valence-corrected chi connectivity index (χ4v) is 3.65. The molecule has 0 unspecified atom stereocenters. The van der Waals surface area contributed by atoms with Crippen LogP contribution in [0.3, 0.4) is 0 Å². The summed E-state index contributed by atoms with van der Waals surface area (Å²) in [5.74, 6) is -1.35. The van der Waals surface area contributed by atoms with Crippen molar-refractivity contribution in [3.05, 3.63) is 51.7 Å². The molecule has 3 N–H and O–H groups in total. The van der Waals surface area contributed by atoms with Crippen molar-refractivity contribution < 1.29 is 22.3 Å². The average molecular weight is 417 g/mol. The predicted molar refractivity (Wildman–Crippen MR) is 91.8 cm³/mol. The summed E-state index contributed by atoms with van der Waals surface area (Å²) in [7, 11) is -2.98. The van der Waals surface area contributed by atoms with Gasteiger partial charge in [-0.2, -0.15) is 0 Å². The number of benzene rings is 2. The molecule has 0 atom stereocenters. The smallest absolute Gasteiger partial charge is 0.339 e. The summed E-state index contributed by atoms with van der Waals surface area (Å²) in [4.78, 5) is 11.5. The van der Waals surface area contributed by atoms with Gasteiger partial charge in [0, 0.05) is 5.69 Å². The number of methoxy groups -OCH3 is 1. The van der Waals surface area contributed by atoms with Crippen LogP contribution in [0, 0.1) is 12.7 Å². The third kappa shape index (κ3) is 3.68. The minimum absolute atomic E-state index is 0.108. The van der Waals surface area contributed by atoms with E-state index in [0.29, 0.717) is 5.56 Å². The maximum absolute atomic E-state index is 13.5. The summed E-state index contributed by atoms with van der Waals surface area (Å²) < 4.78 is 45.8. The van der Waals surface area contributed by atoms with Crippen LogP contribution in [-0.4, -0.2) is 21.5 Å². The van der Waals surface area contributed by atoms with Crippen molar-refractivity contribution in [3.63, 3.8) is 0 Å². The molecular weight excluding hydrogens is 403 g/mol. The van der Waals surface area contributed by atoms with Gasteiger partial charge in [-0.25, -0.2) is 17.6 Å². The number of hydrogen-bond donors (Lipinski definition) is 2. The lowest BCUT2D eigenvalue weighted by Crippen LogP contribution is -2.18. The molecule has 24 heavy (non-hydrogen) atoms. The van der Waals surface area contributed by atoms with E-state index in [9.17, 15) is 17.6 Å². The van der Waals surface area contributed by atoms with Crippen molar-refractivity contribution in [2.45, 2.75) is 11.8 Å². The Morgan fingerprint density at radius 1 is 1.29 bits per heavy atom. The number of ether oxygens (including phenoxy) is 1. The molecule has 0 aliphatic rings. The Morgan fingerprint density at radius 3 is 2.58 bits per heavy atom. The van der Waals surface area contributed by atoms with E-state index in [0.717, 1.165) is 7.11 Å². The monoisotopic (exact) mass is 416 g/mol. The number of anilines is 2. The summed E-state index contributed by atoms with van der Waals surface area (Å²) in [6, 6.07) is 6.27. The summed E-state index contributed by atoms with van der Waals surface area (Å²) in [6.45, 7) is 1.55. The molecular formula is C15H14BrFN2O4S. The maximum atomic E-state index is 13.5. The molecule has 2 aromatic rings. The van der Waals surface area contributed by atoms with E-state index in [1.54, 1.807) is 6.92 Å². The standard InChI is InChI=1S/C15H14BrFN2O4S/c1-8-5-12(17)11(16)7-13(8)19-24(21,22)14-4-3-9(18)6-10(14)15(20)23-2/h3-7,19H,18H2,1-2H3. The number of sulfonamides is 1. The van der Waals surface area contributed by atoms with Crippen molar-refractivity contribution in [1.82, 2.24) is 0 Å². The van der Waals surface area contributed by atoms with Crippen LogP contribution in [0.25, 0.3) is 0 Å². The van der Waals surface area contributed by atoms with Crippen LogP contribution in [-0.2, 0) is 14.8 Å². The zero-order chi connectivity index (χ0) is 18.1. The van der Waals surface area contributed by atoms with Crippen LogP contribution in [0.2, 0.25) is 0 Å². The maximum Gasteiger partial charge on any atom is 0.339 e. The van der Waals surface area contributed by atoms with Crippen molar-refractivity contribution in [3.8, 4) is 0 Å². The summed E-state index contributed by atoms with van der Waals surface area (Å²) in [5, 5.41) is 0. The van der Waals surface area contributed by atoms with Gasteiger partial charge in [-0.3, -0.25) is 4.72 Å². The molecule has 2 rings (SSSR count). The first kappa shape index (κ1) is 18.2. The highest BCUT2D eigenvalue weighted by molar-refractivity contribution is 9.10. The van der Waals surface area contributed by atoms with Crippen LogP contribution >= 0.6 is 15.9 Å². The molecule has 0 aliphatic carbocycles. The van der Waals surface area contributed by atoms with Gasteiger partial charge in [0.25, 0.3) is 10.0 Å². The average Bonchev–Trinajstić information content (AvgIpc) is 2.51. The summed E-state index contributed by atoms with van der Waals surface area (Å²) >= 11 is 3.00. The minimum atomic E-state index is -4.12. The largest absolute Gasteiger partial charge is 0.465 e. The molecule has 0 aliphatic heterocycles. The third-order valence-corrected chi connectivity index (χ3v) is 5.24. The van der Waals surface area contributed by atoms with Gasteiger partial charge in [0.15, 0.2) is 0 Å². The third-order valence-electron chi connectivity index (χ3n) is 3.21. The number of nitrogens with two attached hydrogens (primary N) is 1. The van der Waals surface area contributed by atoms with E-state index in [2.05, 4.69) is 25.4 Å². The summed E-state index contributed by atoms with van der Waals surface area (Å²) in [5.41, 5.74) is 6.19. The second-order valence-electron chi connectivity index (χ2n) is 4.93. The lowest BCUT2D eigenvalue weighted by Gasteiger charge is -2.14. The number of esters is 1. The van der Waals surface area contributed by atoms with Gasteiger partial charge in [0.2, 0.25) is 0 Å². The Hall–Kier alpha value is -2.13. The number of carbonyl (C=O) groups excluding carboxylic acids is 1. The molecule has 0 aromatic heterocycles. The van der Waals surface area contributed by atoms with Crippen molar-refractivity contribution in [1.29, 1.82) is 0 Å². The van der Waals surface area contributed by atoms with Gasteiger partial charge in [-0.15, -0.1) is 0 Å². The predicted octanol–water partition coefficient (Wildman–Crippen LogP) is 3.07.